The number of aliphatic hydroxyl groups excluding tert-OH is 1. The lowest BCUT2D eigenvalue weighted by molar-refractivity contribution is -0.114. The summed E-state index contributed by atoms with van der Waals surface area (Å²) in [6.45, 7) is 2.24. The smallest absolute Gasteiger partial charge is 0.156 e. The summed E-state index contributed by atoms with van der Waals surface area (Å²) in [7, 11) is 4.12. The molecule has 0 radical (unpaired) electrons. The molecule has 5 atom stereocenters. The molecule has 3 unspecified atom stereocenters. The molecule has 4 heteroatoms. The number of carbonyl (C=O) groups excluding carboxylic acids is 1. The molecule has 0 saturated heterocycles. The lowest BCUT2D eigenvalue weighted by atomic mass is 9.51. The van der Waals surface area contributed by atoms with Gasteiger partial charge in [0, 0.05) is 37.5 Å². The van der Waals surface area contributed by atoms with Gasteiger partial charge >= 0.3 is 0 Å². The molecule has 0 aromatic heterocycles. The van der Waals surface area contributed by atoms with Gasteiger partial charge in [0.1, 0.15) is 0 Å². The van der Waals surface area contributed by atoms with E-state index in [-0.39, 0.29) is 23.7 Å². The van der Waals surface area contributed by atoms with E-state index in [4.69, 9.17) is 0 Å². The van der Waals surface area contributed by atoms with Crippen LogP contribution in [0.5, 0.6) is 0 Å². The van der Waals surface area contributed by atoms with Gasteiger partial charge in [-0.1, -0.05) is 36.8 Å². The molecule has 1 aromatic rings. The standard InChI is InChI=1S/C29H37NO3/c1-28-18-25(19-5-8-21(9-6-19)30(2)3)27-23-12-10-22(32)17-20(23)7-11-24(27)26(28)13-15-29(28,33)14-4-16-31/h4-6,8-9,14,17,24-26,31,33H,7,10-13,15-16,18H2,1-3H3/t24?,25?,26?,28-,29-/m0/s1. The van der Waals surface area contributed by atoms with Gasteiger partial charge in [-0.25, -0.2) is 0 Å². The topological polar surface area (TPSA) is 60.8 Å². The van der Waals surface area contributed by atoms with Gasteiger partial charge in [-0.3, -0.25) is 4.79 Å². The van der Waals surface area contributed by atoms with Crippen LogP contribution in [0.2, 0.25) is 0 Å². The third kappa shape index (κ3) is 3.54. The number of fused-ring (bicyclic) bond motifs is 4. The molecule has 1 aromatic carbocycles. The van der Waals surface area contributed by atoms with E-state index >= 15 is 0 Å². The van der Waals surface area contributed by atoms with Crippen molar-refractivity contribution in [2.45, 2.75) is 63.4 Å². The minimum Gasteiger partial charge on any atom is -0.392 e. The Kier molecular flexibility index (Phi) is 5.65. The zero-order valence-corrected chi connectivity index (χ0v) is 20.2. The summed E-state index contributed by atoms with van der Waals surface area (Å²) in [5.41, 5.74) is 5.62. The molecule has 2 saturated carbocycles. The largest absolute Gasteiger partial charge is 0.392 e. The van der Waals surface area contributed by atoms with Crippen molar-refractivity contribution in [2.24, 2.45) is 17.3 Å². The second-order valence-corrected chi connectivity index (χ2v) is 11.0. The van der Waals surface area contributed by atoms with Crippen molar-refractivity contribution in [1.29, 1.82) is 0 Å². The highest BCUT2D eigenvalue weighted by Crippen LogP contribution is 2.67. The molecule has 176 valence electrons. The number of rotatable bonds is 4. The number of anilines is 1. The van der Waals surface area contributed by atoms with E-state index in [1.165, 1.54) is 22.4 Å². The molecular formula is C29H37NO3. The Morgan fingerprint density at radius 2 is 1.88 bits per heavy atom. The van der Waals surface area contributed by atoms with Gasteiger partial charge in [-0.2, -0.15) is 0 Å². The predicted molar refractivity (Wildman–Crippen MR) is 132 cm³/mol. The van der Waals surface area contributed by atoms with Crippen LogP contribution < -0.4 is 4.90 Å². The SMILES string of the molecule is CN(C)c1ccc(C2C[C@@]3(C)C(CC[C@@]3(O)C=CCO)C3CCC4=CC(=O)CCC4=C23)cc1. The Bertz CT molecular complexity index is 1030. The van der Waals surface area contributed by atoms with Gasteiger partial charge in [0.05, 0.1) is 12.2 Å². The fraction of sp³-hybridized carbons (Fsp3) is 0.552. The number of allylic oxidation sites excluding steroid dienone is 4. The number of benzene rings is 1. The minimum atomic E-state index is -0.892. The molecule has 4 aliphatic carbocycles. The molecule has 0 bridgehead atoms. The van der Waals surface area contributed by atoms with Crippen molar-refractivity contribution in [3.8, 4) is 0 Å². The number of ketones is 1. The summed E-state index contributed by atoms with van der Waals surface area (Å²) in [6.07, 6.45) is 11.7. The first-order chi connectivity index (χ1) is 15.8. The molecular weight excluding hydrogens is 410 g/mol. The molecule has 2 N–H and O–H groups in total. The van der Waals surface area contributed by atoms with Crippen LogP contribution in [0.15, 0.2) is 59.2 Å². The van der Waals surface area contributed by atoms with Crippen LogP contribution in [-0.4, -0.2) is 42.3 Å². The minimum absolute atomic E-state index is 0.0423. The average Bonchev–Trinajstić information content (AvgIpc) is 3.07. The molecule has 0 heterocycles. The predicted octanol–water partition coefficient (Wildman–Crippen LogP) is 4.93. The van der Waals surface area contributed by atoms with E-state index < -0.39 is 5.60 Å². The summed E-state index contributed by atoms with van der Waals surface area (Å²) < 4.78 is 0. The maximum Gasteiger partial charge on any atom is 0.156 e. The van der Waals surface area contributed by atoms with Crippen molar-refractivity contribution < 1.29 is 15.0 Å². The van der Waals surface area contributed by atoms with Crippen LogP contribution in [-0.2, 0) is 4.79 Å². The van der Waals surface area contributed by atoms with Crippen molar-refractivity contribution in [3.05, 3.63) is 64.8 Å². The third-order valence-electron chi connectivity index (χ3n) is 9.26. The number of carbonyl (C=O) groups is 1. The van der Waals surface area contributed by atoms with Crippen LogP contribution in [0.4, 0.5) is 5.69 Å². The molecule has 2 fully saturated rings. The van der Waals surface area contributed by atoms with Crippen molar-refractivity contribution >= 4 is 11.5 Å². The first-order valence-corrected chi connectivity index (χ1v) is 12.5. The van der Waals surface area contributed by atoms with Crippen LogP contribution in [0.1, 0.15) is 63.4 Å². The van der Waals surface area contributed by atoms with E-state index in [1.54, 1.807) is 11.6 Å². The lowest BCUT2D eigenvalue weighted by Gasteiger charge is -2.54. The number of aliphatic hydroxyl groups is 2. The molecule has 0 amide bonds. The van der Waals surface area contributed by atoms with Gasteiger partial charge < -0.3 is 15.1 Å². The fourth-order valence-corrected chi connectivity index (χ4v) is 7.52. The highest BCUT2D eigenvalue weighted by molar-refractivity contribution is 5.93. The van der Waals surface area contributed by atoms with Gasteiger partial charge in [0.2, 0.25) is 0 Å². The molecule has 5 rings (SSSR count). The summed E-state index contributed by atoms with van der Waals surface area (Å²) in [5, 5.41) is 21.3. The Labute approximate surface area is 197 Å². The zero-order chi connectivity index (χ0) is 23.4. The van der Waals surface area contributed by atoms with E-state index in [9.17, 15) is 15.0 Å². The first-order valence-electron chi connectivity index (χ1n) is 12.5. The highest BCUT2D eigenvalue weighted by Gasteiger charge is 2.61. The van der Waals surface area contributed by atoms with E-state index in [2.05, 4.69) is 50.2 Å². The Balaban J connectivity index is 1.65. The Hall–Kier alpha value is -2.17. The average molecular weight is 448 g/mol. The van der Waals surface area contributed by atoms with E-state index in [0.29, 0.717) is 18.3 Å². The maximum absolute atomic E-state index is 12.2. The quantitative estimate of drug-likeness (QED) is 0.643. The third-order valence-corrected chi connectivity index (χ3v) is 9.26. The van der Waals surface area contributed by atoms with E-state index in [1.807, 2.05) is 12.2 Å². The fourth-order valence-electron chi connectivity index (χ4n) is 7.52. The number of hydrogen-bond acceptors (Lipinski definition) is 4. The summed E-state index contributed by atoms with van der Waals surface area (Å²) in [6, 6.07) is 8.91. The van der Waals surface area contributed by atoms with Crippen molar-refractivity contribution in [3.63, 3.8) is 0 Å². The van der Waals surface area contributed by atoms with Crippen LogP contribution in [0.25, 0.3) is 0 Å². The summed E-state index contributed by atoms with van der Waals surface area (Å²) in [4.78, 5) is 14.3. The van der Waals surface area contributed by atoms with Crippen LogP contribution in [0, 0.1) is 17.3 Å². The number of hydrogen-bond donors (Lipinski definition) is 2. The molecule has 33 heavy (non-hydrogen) atoms. The van der Waals surface area contributed by atoms with Gasteiger partial charge in [0.15, 0.2) is 5.78 Å². The maximum atomic E-state index is 12.2. The lowest BCUT2D eigenvalue weighted by Crippen LogP contribution is -2.50. The number of nitrogens with zero attached hydrogens (tertiary/aromatic N) is 1. The van der Waals surface area contributed by atoms with Crippen molar-refractivity contribution in [1.82, 2.24) is 0 Å². The summed E-state index contributed by atoms with van der Waals surface area (Å²) in [5.74, 6) is 1.38. The van der Waals surface area contributed by atoms with Crippen molar-refractivity contribution in [2.75, 3.05) is 25.6 Å². The second-order valence-electron chi connectivity index (χ2n) is 11.0. The van der Waals surface area contributed by atoms with Crippen LogP contribution >= 0.6 is 0 Å². The molecule has 0 aliphatic heterocycles. The van der Waals surface area contributed by atoms with Gasteiger partial charge in [-0.15, -0.1) is 0 Å². The monoisotopic (exact) mass is 447 g/mol. The van der Waals surface area contributed by atoms with Gasteiger partial charge in [0.25, 0.3) is 0 Å². The summed E-state index contributed by atoms with van der Waals surface area (Å²) >= 11 is 0. The second kappa shape index (κ2) is 8.25. The first kappa shape index (κ1) is 22.6. The normalized spacial score (nSPS) is 35.8. The van der Waals surface area contributed by atoms with E-state index in [0.717, 1.165) is 38.5 Å². The molecule has 0 spiro atoms. The molecule has 4 aliphatic rings. The zero-order valence-electron chi connectivity index (χ0n) is 20.2. The Morgan fingerprint density at radius 3 is 2.58 bits per heavy atom. The molecule has 4 nitrogen and oxygen atoms in total. The van der Waals surface area contributed by atoms with Crippen LogP contribution in [0.3, 0.4) is 0 Å². The highest BCUT2D eigenvalue weighted by atomic mass is 16.3. The van der Waals surface area contributed by atoms with Gasteiger partial charge in [-0.05, 0) is 85.3 Å². The Morgan fingerprint density at radius 1 is 1.12 bits per heavy atom.